The van der Waals surface area contributed by atoms with Crippen LogP contribution in [0.5, 0.6) is 0 Å². The van der Waals surface area contributed by atoms with E-state index >= 15 is 0 Å². The van der Waals surface area contributed by atoms with Crippen molar-refractivity contribution >= 4 is 39.1 Å². The Labute approximate surface area is 90.4 Å². The summed E-state index contributed by atoms with van der Waals surface area (Å²) in [7, 11) is 0. The van der Waals surface area contributed by atoms with Crippen molar-refractivity contribution in [2.75, 3.05) is 5.32 Å². The fourth-order valence-corrected chi connectivity index (χ4v) is 1.02. The maximum absolute atomic E-state index is 11.2. The molecule has 1 aromatic carbocycles. The molecule has 70 valence electrons. The van der Waals surface area contributed by atoms with E-state index in [1.165, 1.54) is 0 Å². The first kappa shape index (κ1) is 10.5. The largest absolute Gasteiger partial charge is 0.325 e. The Morgan fingerprint density at radius 3 is 2.46 bits per heavy atom. The Bertz CT molecular complexity index is 297. The summed E-state index contributed by atoms with van der Waals surface area (Å²) in [6, 6.07) is 6.98. The summed E-state index contributed by atoms with van der Waals surface area (Å²) >= 11 is 8.86. The topological polar surface area (TPSA) is 29.1 Å². The average Bonchev–Trinajstić information content (AvgIpc) is 2.08. The number of nitrogens with one attached hydrogen (secondary N) is 1. The van der Waals surface area contributed by atoms with Crippen LogP contribution in [-0.2, 0) is 4.79 Å². The van der Waals surface area contributed by atoms with Crippen LogP contribution < -0.4 is 5.32 Å². The molecule has 0 saturated carbocycles. The number of hydrogen-bond acceptors (Lipinski definition) is 1. The van der Waals surface area contributed by atoms with Crippen molar-refractivity contribution in [3.8, 4) is 0 Å². The van der Waals surface area contributed by atoms with Gasteiger partial charge >= 0.3 is 0 Å². The first-order chi connectivity index (χ1) is 6.09. The summed E-state index contributed by atoms with van der Waals surface area (Å²) < 4.78 is 0. The molecule has 4 heteroatoms. The maximum atomic E-state index is 11.2. The second kappa shape index (κ2) is 4.63. The predicted molar refractivity (Wildman–Crippen MR) is 58.5 cm³/mol. The summed E-state index contributed by atoms with van der Waals surface area (Å²) in [6.45, 7) is 1.77. The zero-order valence-electron chi connectivity index (χ0n) is 7.05. The van der Waals surface area contributed by atoms with Crippen LogP contribution in [0.3, 0.4) is 0 Å². The SMILES string of the molecule is C[C@@H](Br)C(=O)Nc1ccc(Cl)cc1. The summed E-state index contributed by atoms with van der Waals surface area (Å²) in [5.74, 6) is -0.0673. The highest BCUT2D eigenvalue weighted by atomic mass is 79.9. The molecule has 0 aromatic heterocycles. The van der Waals surface area contributed by atoms with E-state index in [4.69, 9.17) is 11.6 Å². The third-order valence-electron chi connectivity index (χ3n) is 1.47. The highest BCUT2D eigenvalue weighted by Crippen LogP contribution is 2.14. The number of rotatable bonds is 2. The number of hydrogen-bond donors (Lipinski definition) is 1. The standard InChI is InChI=1S/C9H9BrClNO/c1-6(10)9(13)12-8-4-2-7(11)3-5-8/h2-6H,1H3,(H,12,13)/t6-/m1/s1. The lowest BCUT2D eigenvalue weighted by Crippen LogP contribution is -2.19. The quantitative estimate of drug-likeness (QED) is 0.816. The molecule has 0 aliphatic carbocycles. The predicted octanol–water partition coefficient (Wildman–Crippen LogP) is 3.06. The molecule has 0 aliphatic rings. The number of benzene rings is 1. The number of alkyl halides is 1. The smallest absolute Gasteiger partial charge is 0.237 e. The van der Waals surface area contributed by atoms with Crippen molar-refractivity contribution < 1.29 is 4.79 Å². The van der Waals surface area contributed by atoms with Crippen molar-refractivity contribution in [2.45, 2.75) is 11.8 Å². The number of halogens is 2. The van der Waals surface area contributed by atoms with E-state index in [0.717, 1.165) is 5.69 Å². The normalized spacial score (nSPS) is 12.2. The third-order valence-corrected chi connectivity index (χ3v) is 2.14. The van der Waals surface area contributed by atoms with Crippen molar-refractivity contribution in [1.82, 2.24) is 0 Å². The minimum atomic E-state index is -0.192. The first-order valence-electron chi connectivity index (χ1n) is 3.80. The van der Waals surface area contributed by atoms with Crippen molar-refractivity contribution in [3.05, 3.63) is 29.3 Å². The van der Waals surface area contributed by atoms with Crippen LogP contribution in [0.25, 0.3) is 0 Å². The minimum Gasteiger partial charge on any atom is -0.325 e. The van der Waals surface area contributed by atoms with Gasteiger partial charge in [-0.15, -0.1) is 0 Å². The molecule has 0 bridgehead atoms. The maximum Gasteiger partial charge on any atom is 0.237 e. The molecule has 0 aliphatic heterocycles. The van der Waals surface area contributed by atoms with Crippen LogP contribution in [0, 0.1) is 0 Å². The molecule has 0 saturated heterocycles. The Morgan fingerprint density at radius 2 is 2.00 bits per heavy atom. The van der Waals surface area contributed by atoms with E-state index in [9.17, 15) is 4.79 Å². The monoisotopic (exact) mass is 261 g/mol. The van der Waals surface area contributed by atoms with Gasteiger partial charge in [0.05, 0.1) is 4.83 Å². The Kier molecular flexibility index (Phi) is 3.75. The van der Waals surface area contributed by atoms with E-state index in [-0.39, 0.29) is 10.7 Å². The molecular formula is C9H9BrClNO. The van der Waals surface area contributed by atoms with Crippen molar-refractivity contribution in [1.29, 1.82) is 0 Å². The molecule has 13 heavy (non-hydrogen) atoms. The van der Waals surface area contributed by atoms with Crippen LogP contribution in [0.15, 0.2) is 24.3 Å². The van der Waals surface area contributed by atoms with Crippen molar-refractivity contribution in [3.63, 3.8) is 0 Å². The van der Waals surface area contributed by atoms with Crippen LogP contribution in [-0.4, -0.2) is 10.7 Å². The van der Waals surface area contributed by atoms with Gasteiger partial charge in [-0.1, -0.05) is 27.5 Å². The molecule has 0 fully saturated rings. The van der Waals surface area contributed by atoms with E-state index in [2.05, 4.69) is 21.2 Å². The van der Waals surface area contributed by atoms with E-state index in [1.807, 2.05) is 0 Å². The van der Waals surface area contributed by atoms with Crippen LogP contribution in [0.2, 0.25) is 5.02 Å². The van der Waals surface area contributed by atoms with Gasteiger partial charge in [0, 0.05) is 10.7 Å². The highest BCUT2D eigenvalue weighted by molar-refractivity contribution is 9.10. The zero-order valence-corrected chi connectivity index (χ0v) is 9.39. The average molecular weight is 263 g/mol. The molecule has 1 amide bonds. The van der Waals surface area contributed by atoms with Gasteiger partial charge in [-0.25, -0.2) is 0 Å². The van der Waals surface area contributed by atoms with Gasteiger partial charge in [0.1, 0.15) is 0 Å². The van der Waals surface area contributed by atoms with E-state index < -0.39 is 0 Å². The summed E-state index contributed by atoms with van der Waals surface area (Å²) in [5.41, 5.74) is 0.751. The highest BCUT2D eigenvalue weighted by Gasteiger charge is 2.07. The fourth-order valence-electron chi connectivity index (χ4n) is 0.775. The lowest BCUT2D eigenvalue weighted by Gasteiger charge is -2.05. The summed E-state index contributed by atoms with van der Waals surface area (Å²) in [4.78, 5) is 11.0. The minimum absolute atomic E-state index is 0.0673. The summed E-state index contributed by atoms with van der Waals surface area (Å²) in [5, 5.41) is 3.38. The molecule has 1 aromatic rings. The van der Waals surface area contributed by atoms with Gasteiger partial charge in [0.2, 0.25) is 5.91 Å². The lowest BCUT2D eigenvalue weighted by molar-refractivity contribution is -0.115. The number of anilines is 1. The van der Waals surface area contributed by atoms with Gasteiger partial charge in [0.15, 0.2) is 0 Å². The zero-order chi connectivity index (χ0) is 9.84. The molecule has 0 heterocycles. The van der Waals surface area contributed by atoms with Gasteiger partial charge in [-0.2, -0.15) is 0 Å². The van der Waals surface area contributed by atoms with Crippen LogP contribution in [0.4, 0.5) is 5.69 Å². The van der Waals surface area contributed by atoms with Crippen LogP contribution in [0.1, 0.15) is 6.92 Å². The Hall–Kier alpha value is -0.540. The molecule has 1 rings (SSSR count). The second-order valence-corrected chi connectivity index (χ2v) is 4.42. The van der Waals surface area contributed by atoms with Gasteiger partial charge < -0.3 is 5.32 Å². The third kappa shape index (κ3) is 3.36. The first-order valence-corrected chi connectivity index (χ1v) is 5.09. The Morgan fingerprint density at radius 1 is 1.46 bits per heavy atom. The van der Waals surface area contributed by atoms with Gasteiger partial charge in [0.25, 0.3) is 0 Å². The van der Waals surface area contributed by atoms with Gasteiger partial charge in [-0.3, -0.25) is 4.79 Å². The Balaban J connectivity index is 2.65. The fraction of sp³-hybridized carbons (Fsp3) is 0.222. The van der Waals surface area contributed by atoms with Gasteiger partial charge in [-0.05, 0) is 31.2 Å². The van der Waals surface area contributed by atoms with Crippen LogP contribution >= 0.6 is 27.5 Å². The molecular weight excluding hydrogens is 253 g/mol. The molecule has 2 nitrogen and oxygen atoms in total. The molecule has 0 unspecified atom stereocenters. The molecule has 1 N–H and O–H groups in total. The number of carbonyl (C=O) groups excluding carboxylic acids is 1. The second-order valence-electron chi connectivity index (χ2n) is 2.61. The van der Waals surface area contributed by atoms with E-state index in [0.29, 0.717) is 5.02 Å². The molecule has 1 atom stereocenters. The number of carbonyl (C=O) groups is 1. The van der Waals surface area contributed by atoms with Crippen molar-refractivity contribution in [2.24, 2.45) is 0 Å². The number of amides is 1. The summed E-state index contributed by atoms with van der Waals surface area (Å²) in [6.07, 6.45) is 0. The lowest BCUT2D eigenvalue weighted by atomic mass is 10.3. The molecule has 0 spiro atoms. The molecule has 0 radical (unpaired) electrons. The van der Waals surface area contributed by atoms with E-state index in [1.54, 1.807) is 31.2 Å².